The molecule has 0 radical (unpaired) electrons. The van der Waals surface area contributed by atoms with E-state index in [0.717, 1.165) is 35.0 Å². The second kappa shape index (κ2) is 6.14. The Morgan fingerprint density at radius 2 is 2.10 bits per heavy atom. The van der Waals surface area contributed by atoms with E-state index in [4.69, 9.17) is 9.47 Å². The zero-order chi connectivity index (χ0) is 13.9. The van der Waals surface area contributed by atoms with Crippen LogP contribution in [0.1, 0.15) is 35.2 Å². The Labute approximate surface area is 127 Å². The quantitative estimate of drug-likeness (QED) is 0.860. The third-order valence-corrected chi connectivity index (χ3v) is 4.53. The molecule has 1 N–H and O–H groups in total. The topological polar surface area (TPSA) is 47.6 Å². The minimum Gasteiger partial charge on any atom is -0.486 e. The van der Waals surface area contributed by atoms with Gasteiger partial charge in [-0.2, -0.15) is 0 Å². The van der Waals surface area contributed by atoms with Crippen LogP contribution in [-0.2, 0) is 6.42 Å². The minimum absolute atomic E-state index is 0.479. The number of hydrogen-bond donors (Lipinski definition) is 1. The van der Waals surface area contributed by atoms with Crippen molar-refractivity contribution in [2.45, 2.75) is 31.7 Å². The lowest BCUT2D eigenvalue weighted by Crippen LogP contribution is -2.35. The number of benzene rings is 1. The van der Waals surface area contributed by atoms with Crippen molar-refractivity contribution in [3.8, 4) is 11.5 Å². The molecule has 1 fully saturated rings. The molecule has 1 aromatic rings. The van der Waals surface area contributed by atoms with Gasteiger partial charge in [-0.05, 0) is 47.8 Å². The fourth-order valence-electron chi connectivity index (χ4n) is 2.89. The van der Waals surface area contributed by atoms with E-state index in [1.54, 1.807) is 0 Å². The lowest BCUT2D eigenvalue weighted by atomic mass is 9.96. The van der Waals surface area contributed by atoms with E-state index in [0.29, 0.717) is 30.6 Å². The number of carbonyl (C=O) groups is 1. The first-order valence-corrected chi connectivity index (χ1v) is 7.88. The predicted octanol–water partition coefficient (Wildman–Crippen LogP) is 2.72. The summed E-state index contributed by atoms with van der Waals surface area (Å²) in [6.45, 7) is 2.11. The summed E-state index contributed by atoms with van der Waals surface area (Å²) in [6.07, 6.45) is 5.43. The Balaban J connectivity index is 1.93. The molecule has 2 aliphatic heterocycles. The van der Waals surface area contributed by atoms with Crippen LogP contribution in [0.3, 0.4) is 0 Å². The Bertz CT molecular complexity index is 512. The highest BCUT2D eigenvalue weighted by Gasteiger charge is 2.24. The van der Waals surface area contributed by atoms with Crippen LogP contribution in [0, 0.1) is 0 Å². The number of nitrogens with one attached hydrogen (secondary N) is 1. The normalized spacial score (nSPS) is 21.6. The summed E-state index contributed by atoms with van der Waals surface area (Å²) in [5.41, 5.74) is 1.65. The molecule has 0 saturated carbocycles. The van der Waals surface area contributed by atoms with Gasteiger partial charge < -0.3 is 14.8 Å². The molecule has 0 amide bonds. The minimum atomic E-state index is 0.479. The van der Waals surface area contributed by atoms with Crippen molar-refractivity contribution in [3.05, 3.63) is 21.7 Å². The monoisotopic (exact) mass is 339 g/mol. The van der Waals surface area contributed by atoms with Crippen LogP contribution in [0.15, 0.2) is 10.5 Å². The van der Waals surface area contributed by atoms with E-state index in [1.165, 1.54) is 19.3 Å². The average Bonchev–Trinajstić information content (AvgIpc) is 2.49. The van der Waals surface area contributed by atoms with Gasteiger partial charge in [-0.25, -0.2) is 0 Å². The Kier molecular flexibility index (Phi) is 4.27. The number of carbonyl (C=O) groups excluding carboxylic acids is 1. The van der Waals surface area contributed by atoms with Gasteiger partial charge in [0.2, 0.25) is 0 Å². The highest BCUT2D eigenvalue weighted by atomic mass is 79.9. The number of piperidine rings is 1. The molecule has 20 heavy (non-hydrogen) atoms. The third kappa shape index (κ3) is 2.69. The van der Waals surface area contributed by atoms with Gasteiger partial charge in [-0.1, -0.05) is 6.42 Å². The number of hydrogen-bond acceptors (Lipinski definition) is 4. The first kappa shape index (κ1) is 13.9. The van der Waals surface area contributed by atoms with Crippen LogP contribution >= 0.6 is 15.9 Å². The first-order valence-electron chi connectivity index (χ1n) is 7.09. The summed E-state index contributed by atoms with van der Waals surface area (Å²) in [6, 6.07) is 2.47. The Morgan fingerprint density at radius 1 is 1.30 bits per heavy atom. The largest absolute Gasteiger partial charge is 0.486 e. The van der Waals surface area contributed by atoms with Crippen molar-refractivity contribution < 1.29 is 14.3 Å². The maximum atomic E-state index is 11.2. The highest BCUT2D eigenvalue weighted by Crippen LogP contribution is 2.41. The second-order valence-electron chi connectivity index (χ2n) is 5.26. The molecule has 3 rings (SSSR count). The zero-order valence-corrected chi connectivity index (χ0v) is 12.9. The van der Waals surface area contributed by atoms with E-state index >= 15 is 0 Å². The number of ether oxygens (including phenoxy) is 2. The molecule has 2 aliphatic rings. The van der Waals surface area contributed by atoms with Gasteiger partial charge in [0.25, 0.3) is 0 Å². The van der Waals surface area contributed by atoms with Gasteiger partial charge in [-0.15, -0.1) is 0 Å². The van der Waals surface area contributed by atoms with Crippen LogP contribution in [0.2, 0.25) is 0 Å². The van der Waals surface area contributed by atoms with E-state index < -0.39 is 0 Å². The van der Waals surface area contributed by atoms with Crippen LogP contribution < -0.4 is 14.8 Å². The van der Waals surface area contributed by atoms with Crippen LogP contribution in [0.5, 0.6) is 11.5 Å². The van der Waals surface area contributed by atoms with Crippen molar-refractivity contribution in [2.75, 3.05) is 19.8 Å². The smallest absolute Gasteiger partial charge is 0.173 e. The molecule has 108 valence electrons. The van der Waals surface area contributed by atoms with E-state index in [-0.39, 0.29) is 0 Å². The number of aldehydes is 1. The molecule has 0 aromatic heterocycles. The summed E-state index contributed by atoms with van der Waals surface area (Å²) < 4.78 is 12.2. The third-order valence-electron chi connectivity index (χ3n) is 3.87. The molecule has 1 unspecified atom stereocenters. The maximum Gasteiger partial charge on any atom is 0.173 e. The van der Waals surface area contributed by atoms with Crippen LogP contribution in [-0.4, -0.2) is 32.1 Å². The Hall–Kier alpha value is -1.07. The highest BCUT2D eigenvalue weighted by molar-refractivity contribution is 9.10. The molecule has 1 atom stereocenters. The number of rotatable bonds is 3. The summed E-state index contributed by atoms with van der Waals surface area (Å²) in [5, 5.41) is 3.54. The van der Waals surface area contributed by atoms with E-state index in [1.807, 2.05) is 6.07 Å². The average molecular weight is 340 g/mol. The van der Waals surface area contributed by atoms with Crippen molar-refractivity contribution in [1.82, 2.24) is 5.32 Å². The molecule has 4 nitrogen and oxygen atoms in total. The number of halogens is 1. The van der Waals surface area contributed by atoms with Crippen LogP contribution in [0.4, 0.5) is 0 Å². The van der Waals surface area contributed by atoms with Crippen molar-refractivity contribution >= 4 is 22.2 Å². The maximum absolute atomic E-state index is 11.2. The van der Waals surface area contributed by atoms with Crippen molar-refractivity contribution in [3.63, 3.8) is 0 Å². The van der Waals surface area contributed by atoms with Gasteiger partial charge in [0.05, 0.1) is 5.56 Å². The molecule has 2 heterocycles. The van der Waals surface area contributed by atoms with Crippen molar-refractivity contribution in [2.24, 2.45) is 0 Å². The SMILES string of the molecule is O=Cc1c(Br)cc(CC2CCCCN2)c2c1OCCO2. The molecular formula is C15H18BrNO3. The lowest BCUT2D eigenvalue weighted by Gasteiger charge is -2.27. The Morgan fingerprint density at radius 3 is 2.80 bits per heavy atom. The molecular weight excluding hydrogens is 322 g/mol. The standard InChI is InChI=1S/C15H18BrNO3/c16-13-8-10(7-11-3-1-2-4-17-11)14-15(12(13)9-18)20-6-5-19-14/h8-9,11,17H,1-7H2. The molecule has 1 aromatic carbocycles. The van der Waals surface area contributed by atoms with E-state index in [9.17, 15) is 4.79 Å². The molecule has 1 saturated heterocycles. The van der Waals surface area contributed by atoms with Gasteiger partial charge in [0.1, 0.15) is 13.2 Å². The second-order valence-corrected chi connectivity index (χ2v) is 6.11. The first-order chi connectivity index (χ1) is 9.79. The summed E-state index contributed by atoms with van der Waals surface area (Å²) in [5.74, 6) is 1.33. The molecule has 0 bridgehead atoms. The molecule has 0 aliphatic carbocycles. The summed E-state index contributed by atoms with van der Waals surface area (Å²) in [7, 11) is 0. The molecule has 5 heteroatoms. The summed E-state index contributed by atoms with van der Waals surface area (Å²) in [4.78, 5) is 11.2. The van der Waals surface area contributed by atoms with E-state index in [2.05, 4.69) is 21.2 Å². The van der Waals surface area contributed by atoms with Crippen molar-refractivity contribution in [1.29, 1.82) is 0 Å². The number of fused-ring (bicyclic) bond motifs is 1. The fraction of sp³-hybridized carbons (Fsp3) is 0.533. The lowest BCUT2D eigenvalue weighted by molar-refractivity contribution is 0.111. The zero-order valence-electron chi connectivity index (χ0n) is 11.3. The van der Waals surface area contributed by atoms with Crippen LogP contribution in [0.25, 0.3) is 0 Å². The summed E-state index contributed by atoms with van der Waals surface area (Å²) >= 11 is 3.46. The predicted molar refractivity (Wildman–Crippen MR) is 79.9 cm³/mol. The van der Waals surface area contributed by atoms with Gasteiger partial charge in [0, 0.05) is 16.1 Å². The molecule has 0 spiro atoms. The van der Waals surface area contributed by atoms with Gasteiger partial charge in [-0.3, -0.25) is 4.79 Å². The van der Waals surface area contributed by atoms with Gasteiger partial charge >= 0.3 is 0 Å². The fourth-order valence-corrected chi connectivity index (χ4v) is 3.44. The van der Waals surface area contributed by atoms with Gasteiger partial charge in [0.15, 0.2) is 17.8 Å².